The Morgan fingerprint density at radius 3 is 2.47 bits per heavy atom. The predicted octanol–water partition coefficient (Wildman–Crippen LogP) is 3.31. The molecule has 1 heterocycles. The van der Waals surface area contributed by atoms with Gasteiger partial charge in [-0.25, -0.2) is 0 Å². The molecule has 3 heteroatoms. The highest BCUT2D eigenvalue weighted by atomic mass is 79.9. The molecule has 2 nitrogen and oxygen atoms in total. The summed E-state index contributed by atoms with van der Waals surface area (Å²) < 4.78 is 5.47. The molecule has 94 valence electrons. The molecule has 1 saturated heterocycles. The number of halogens is 1. The number of hydrogen-bond acceptors (Lipinski definition) is 2. The van der Waals surface area contributed by atoms with E-state index in [9.17, 15) is 0 Å². The third kappa shape index (κ3) is 3.23. The van der Waals surface area contributed by atoms with Gasteiger partial charge >= 0.3 is 0 Å². The van der Waals surface area contributed by atoms with Crippen molar-refractivity contribution in [2.75, 3.05) is 37.0 Å². The summed E-state index contributed by atoms with van der Waals surface area (Å²) >= 11 is 3.69. The second kappa shape index (κ2) is 5.87. The van der Waals surface area contributed by atoms with E-state index in [1.165, 1.54) is 5.69 Å². The van der Waals surface area contributed by atoms with Gasteiger partial charge in [-0.1, -0.05) is 34.1 Å². The molecular weight excluding hydrogens is 278 g/mol. The molecule has 0 aliphatic carbocycles. The molecule has 1 aliphatic heterocycles. The first-order valence-corrected chi connectivity index (χ1v) is 7.28. The Balaban J connectivity index is 2.03. The molecule has 0 bridgehead atoms. The number of nitrogens with zero attached hydrogens (tertiary/aromatic N) is 1. The Morgan fingerprint density at radius 2 is 1.88 bits per heavy atom. The van der Waals surface area contributed by atoms with Gasteiger partial charge in [0.2, 0.25) is 0 Å². The highest BCUT2D eigenvalue weighted by Crippen LogP contribution is 2.34. The van der Waals surface area contributed by atoms with E-state index in [1.54, 1.807) is 0 Å². The Bertz CT molecular complexity index is 335. The Hall–Kier alpha value is -0.540. The quantitative estimate of drug-likeness (QED) is 0.791. The molecule has 1 fully saturated rings. The van der Waals surface area contributed by atoms with Gasteiger partial charge in [-0.05, 0) is 25.0 Å². The van der Waals surface area contributed by atoms with Crippen LogP contribution in [-0.4, -0.2) is 32.1 Å². The molecule has 0 amide bonds. The molecule has 0 unspecified atom stereocenters. The summed E-state index contributed by atoms with van der Waals surface area (Å²) in [4.78, 5) is 2.35. The van der Waals surface area contributed by atoms with Crippen LogP contribution in [0.1, 0.15) is 12.8 Å². The van der Waals surface area contributed by atoms with Crippen LogP contribution >= 0.6 is 15.9 Å². The van der Waals surface area contributed by atoms with E-state index in [4.69, 9.17) is 4.74 Å². The first-order valence-electron chi connectivity index (χ1n) is 6.16. The van der Waals surface area contributed by atoms with E-state index < -0.39 is 0 Å². The monoisotopic (exact) mass is 297 g/mol. The summed E-state index contributed by atoms with van der Waals surface area (Å²) in [6.07, 6.45) is 2.30. The summed E-state index contributed by atoms with van der Waals surface area (Å²) in [6, 6.07) is 10.6. The van der Waals surface area contributed by atoms with Crippen molar-refractivity contribution in [2.45, 2.75) is 12.8 Å². The van der Waals surface area contributed by atoms with Crippen LogP contribution in [0.25, 0.3) is 0 Å². The van der Waals surface area contributed by atoms with Gasteiger partial charge in [-0.3, -0.25) is 0 Å². The zero-order chi connectivity index (χ0) is 12.1. The topological polar surface area (TPSA) is 12.5 Å². The molecule has 1 aromatic rings. The van der Waals surface area contributed by atoms with E-state index in [2.05, 4.69) is 58.2 Å². The fourth-order valence-corrected chi connectivity index (χ4v) is 3.15. The average molecular weight is 298 g/mol. The maximum Gasteiger partial charge on any atom is 0.0472 e. The van der Waals surface area contributed by atoms with E-state index in [-0.39, 0.29) is 0 Å². The molecule has 17 heavy (non-hydrogen) atoms. The zero-order valence-electron chi connectivity index (χ0n) is 10.4. The minimum absolute atomic E-state index is 0.364. The van der Waals surface area contributed by atoms with Crippen LogP contribution in [0.3, 0.4) is 0 Å². The molecule has 1 aromatic carbocycles. The number of para-hydroxylation sites is 1. The van der Waals surface area contributed by atoms with Crippen LogP contribution in [0.5, 0.6) is 0 Å². The number of benzene rings is 1. The van der Waals surface area contributed by atoms with Gasteiger partial charge in [0.25, 0.3) is 0 Å². The van der Waals surface area contributed by atoms with Crippen LogP contribution in [0.15, 0.2) is 30.3 Å². The van der Waals surface area contributed by atoms with Gasteiger partial charge in [0.15, 0.2) is 0 Å². The van der Waals surface area contributed by atoms with Crippen LogP contribution in [-0.2, 0) is 4.74 Å². The Kier molecular flexibility index (Phi) is 4.46. The normalized spacial score (nSPS) is 18.9. The maximum absolute atomic E-state index is 5.47. The summed E-state index contributed by atoms with van der Waals surface area (Å²) in [5, 5.41) is 1.06. The standard InChI is InChI=1S/C14H20BrNO/c1-16(13-5-3-2-4-6-13)12-14(11-15)7-9-17-10-8-14/h2-6H,7-12H2,1H3. The predicted molar refractivity (Wildman–Crippen MR) is 76.0 cm³/mol. The first-order chi connectivity index (χ1) is 8.26. The number of anilines is 1. The third-order valence-electron chi connectivity index (χ3n) is 3.61. The van der Waals surface area contributed by atoms with E-state index in [0.717, 1.165) is 37.9 Å². The lowest BCUT2D eigenvalue weighted by atomic mass is 9.82. The zero-order valence-corrected chi connectivity index (χ0v) is 11.9. The Morgan fingerprint density at radius 1 is 1.24 bits per heavy atom. The van der Waals surface area contributed by atoms with Crippen LogP contribution in [0, 0.1) is 5.41 Å². The number of alkyl halides is 1. The van der Waals surface area contributed by atoms with Gasteiger partial charge in [0.05, 0.1) is 0 Å². The van der Waals surface area contributed by atoms with Crippen LogP contribution in [0.2, 0.25) is 0 Å². The van der Waals surface area contributed by atoms with Crippen molar-refractivity contribution >= 4 is 21.6 Å². The smallest absolute Gasteiger partial charge is 0.0472 e. The van der Waals surface area contributed by atoms with Crippen molar-refractivity contribution in [1.82, 2.24) is 0 Å². The number of rotatable bonds is 4. The lowest BCUT2D eigenvalue weighted by molar-refractivity contribution is 0.0304. The summed E-state index contributed by atoms with van der Waals surface area (Å²) in [5.41, 5.74) is 1.65. The third-order valence-corrected chi connectivity index (χ3v) is 4.80. The number of hydrogen-bond donors (Lipinski definition) is 0. The lowest BCUT2D eigenvalue weighted by Gasteiger charge is -2.39. The molecule has 0 radical (unpaired) electrons. The lowest BCUT2D eigenvalue weighted by Crippen LogP contribution is -2.41. The SMILES string of the molecule is CN(CC1(CBr)CCOCC1)c1ccccc1. The fourth-order valence-electron chi connectivity index (χ4n) is 2.42. The minimum atomic E-state index is 0.364. The van der Waals surface area contributed by atoms with Gasteiger partial charge in [0.1, 0.15) is 0 Å². The minimum Gasteiger partial charge on any atom is -0.381 e. The van der Waals surface area contributed by atoms with E-state index in [0.29, 0.717) is 5.41 Å². The van der Waals surface area contributed by atoms with Gasteiger partial charge in [-0.2, -0.15) is 0 Å². The largest absolute Gasteiger partial charge is 0.381 e. The summed E-state index contributed by atoms with van der Waals surface area (Å²) in [7, 11) is 2.18. The second-order valence-electron chi connectivity index (χ2n) is 4.94. The van der Waals surface area contributed by atoms with E-state index in [1.807, 2.05) is 0 Å². The molecule has 0 atom stereocenters. The van der Waals surface area contributed by atoms with E-state index >= 15 is 0 Å². The van der Waals surface area contributed by atoms with Crippen molar-refractivity contribution in [3.8, 4) is 0 Å². The first kappa shape index (κ1) is 12.9. The van der Waals surface area contributed by atoms with Gasteiger partial charge in [-0.15, -0.1) is 0 Å². The molecule has 0 N–H and O–H groups in total. The van der Waals surface area contributed by atoms with Crippen molar-refractivity contribution in [2.24, 2.45) is 5.41 Å². The molecule has 0 aromatic heterocycles. The molecule has 2 rings (SSSR count). The average Bonchev–Trinajstić information content (AvgIpc) is 2.41. The highest BCUT2D eigenvalue weighted by Gasteiger charge is 2.32. The molecular formula is C14H20BrNO. The molecule has 0 spiro atoms. The van der Waals surface area contributed by atoms with Crippen molar-refractivity contribution in [3.63, 3.8) is 0 Å². The second-order valence-corrected chi connectivity index (χ2v) is 5.50. The van der Waals surface area contributed by atoms with Crippen LogP contribution in [0.4, 0.5) is 5.69 Å². The van der Waals surface area contributed by atoms with Gasteiger partial charge < -0.3 is 9.64 Å². The van der Waals surface area contributed by atoms with Crippen molar-refractivity contribution < 1.29 is 4.74 Å². The van der Waals surface area contributed by atoms with Crippen LogP contribution < -0.4 is 4.90 Å². The Labute approximate surface area is 112 Å². The van der Waals surface area contributed by atoms with Gasteiger partial charge in [0, 0.05) is 43.2 Å². The molecule has 1 aliphatic rings. The molecule has 0 saturated carbocycles. The summed E-state index contributed by atoms with van der Waals surface area (Å²) in [6.45, 7) is 2.88. The van der Waals surface area contributed by atoms with Crippen molar-refractivity contribution in [3.05, 3.63) is 30.3 Å². The van der Waals surface area contributed by atoms with Crippen molar-refractivity contribution in [1.29, 1.82) is 0 Å². The maximum atomic E-state index is 5.47. The highest BCUT2D eigenvalue weighted by molar-refractivity contribution is 9.09. The fraction of sp³-hybridized carbons (Fsp3) is 0.571. The summed E-state index contributed by atoms with van der Waals surface area (Å²) in [5.74, 6) is 0. The number of ether oxygens (including phenoxy) is 1.